The van der Waals surface area contributed by atoms with E-state index in [1.807, 2.05) is 56.3 Å². The molecule has 1 aliphatic heterocycles. The third-order valence-electron chi connectivity index (χ3n) is 4.63. The zero-order valence-electron chi connectivity index (χ0n) is 17.9. The minimum atomic E-state index is -0.464. The van der Waals surface area contributed by atoms with Crippen molar-refractivity contribution in [2.45, 2.75) is 33.6 Å². The summed E-state index contributed by atoms with van der Waals surface area (Å²) in [6.07, 6.45) is 3.71. The van der Waals surface area contributed by atoms with Crippen LogP contribution in [0.25, 0.3) is 6.08 Å². The van der Waals surface area contributed by atoms with Crippen LogP contribution < -0.4 is 10.1 Å². The lowest BCUT2D eigenvalue weighted by molar-refractivity contribution is -0.127. The number of carbonyl (C=O) groups excluding carboxylic acids is 3. The molecule has 1 fully saturated rings. The molecule has 0 aromatic heterocycles. The van der Waals surface area contributed by atoms with Crippen molar-refractivity contribution in [3.63, 3.8) is 0 Å². The van der Waals surface area contributed by atoms with Crippen LogP contribution in [0.4, 0.5) is 10.5 Å². The molecule has 0 aliphatic carbocycles. The molecule has 0 saturated carbocycles. The third kappa shape index (κ3) is 6.21. The lowest BCUT2D eigenvalue weighted by Crippen LogP contribution is -2.36. The van der Waals surface area contributed by atoms with Crippen LogP contribution in [-0.4, -0.2) is 35.1 Å². The number of ether oxygens (including phenoxy) is 1. The average molecular weight is 439 g/mol. The van der Waals surface area contributed by atoms with E-state index < -0.39 is 17.1 Å². The Morgan fingerprint density at radius 2 is 1.77 bits per heavy atom. The van der Waals surface area contributed by atoms with E-state index in [-0.39, 0.29) is 6.54 Å². The summed E-state index contributed by atoms with van der Waals surface area (Å²) in [6.45, 7) is 6.33. The Morgan fingerprint density at radius 1 is 1.10 bits per heavy atom. The van der Waals surface area contributed by atoms with Gasteiger partial charge in [-0.3, -0.25) is 19.3 Å². The van der Waals surface area contributed by atoms with Crippen molar-refractivity contribution in [1.29, 1.82) is 0 Å². The van der Waals surface area contributed by atoms with E-state index in [9.17, 15) is 14.4 Å². The van der Waals surface area contributed by atoms with Crippen LogP contribution in [0.15, 0.2) is 47.4 Å². The van der Waals surface area contributed by atoms with Crippen molar-refractivity contribution in [2.24, 2.45) is 0 Å². The number of nitrogens with one attached hydrogen (secondary N) is 1. The van der Waals surface area contributed by atoms with Crippen LogP contribution in [0.3, 0.4) is 0 Å². The number of benzene rings is 2. The highest BCUT2D eigenvalue weighted by atomic mass is 32.2. The summed E-state index contributed by atoms with van der Waals surface area (Å²) < 4.78 is 5.63. The first-order valence-electron chi connectivity index (χ1n) is 10.2. The minimum absolute atomic E-state index is 0.295. The van der Waals surface area contributed by atoms with Crippen molar-refractivity contribution in [2.75, 3.05) is 18.5 Å². The van der Waals surface area contributed by atoms with E-state index in [4.69, 9.17) is 4.74 Å². The second-order valence-corrected chi connectivity index (χ2v) is 8.46. The molecule has 0 atom stereocenters. The van der Waals surface area contributed by atoms with Gasteiger partial charge in [-0.05, 0) is 79.1 Å². The van der Waals surface area contributed by atoms with Crippen LogP contribution >= 0.6 is 11.8 Å². The fraction of sp³-hybridized carbons (Fsp3) is 0.292. The molecule has 3 rings (SSSR count). The lowest BCUT2D eigenvalue weighted by atomic mass is 10.1. The van der Waals surface area contributed by atoms with E-state index in [1.165, 1.54) is 0 Å². The number of carbonyl (C=O) groups is 3. The number of amides is 3. The van der Waals surface area contributed by atoms with Gasteiger partial charge in [0.25, 0.3) is 11.1 Å². The number of hydrogen-bond acceptors (Lipinski definition) is 5. The summed E-state index contributed by atoms with van der Waals surface area (Å²) >= 11 is 0.838. The Hall–Kier alpha value is -3.06. The monoisotopic (exact) mass is 438 g/mol. The molecule has 0 bridgehead atoms. The number of anilines is 1. The van der Waals surface area contributed by atoms with Gasteiger partial charge in [0.1, 0.15) is 12.3 Å². The van der Waals surface area contributed by atoms with Gasteiger partial charge in [0.15, 0.2) is 0 Å². The molecule has 1 heterocycles. The maximum absolute atomic E-state index is 12.7. The molecule has 1 aliphatic rings. The molecule has 3 amide bonds. The Balaban J connectivity index is 1.62. The smallest absolute Gasteiger partial charge is 0.294 e. The molecular formula is C24H26N2O4S. The summed E-state index contributed by atoms with van der Waals surface area (Å²) in [5.74, 6) is -0.113. The standard InChI is InChI=1S/C24H26N2O4S/c1-4-5-10-30-20-8-6-18(7-9-20)14-21-23(28)26(24(29)31-21)15-22(27)25-19-12-16(2)11-17(3)13-19/h6-9,11-14H,4-5,10,15H2,1-3H3,(H,25,27)/b21-14-. The second-order valence-electron chi connectivity index (χ2n) is 7.46. The molecule has 2 aromatic rings. The Bertz CT molecular complexity index is 994. The highest BCUT2D eigenvalue weighted by Crippen LogP contribution is 2.32. The zero-order chi connectivity index (χ0) is 22.4. The van der Waals surface area contributed by atoms with Crippen LogP contribution in [0, 0.1) is 13.8 Å². The minimum Gasteiger partial charge on any atom is -0.494 e. The van der Waals surface area contributed by atoms with Gasteiger partial charge in [-0.1, -0.05) is 31.5 Å². The van der Waals surface area contributed by atoms with Crippen LogP contribution in [-0.2, 0) is 9.59 Å². The fourth-order valence-electron chi connectivity index (χ4n) is 3.17. The van der Waals surface area contributed by atoms with E-state index >= 15 is 0 Å². The van der Waals surface area contributed by atoms with E-state index in [0.717, 1.165) is 51.9 Å². The van der Waals surface area contributed by atoms with E-state index in [2.05, 4.69) is 12.2 Å². The first-order chi connectivity index (χ1) is 14.9. The number of rotatable bonds is 8. The molecule has 7 heteroatoms. The molecular weight excluding hydrogens is 412 g/mol. The Labute approximate surface area is 186 Å². The van der Waals surface area contributed by atoms with E-state index in [1.54, 1.807) is 6.08 Å². The van der Waals surface area contributed by atoms with Crippen LogP contribution in [0.5, 0.6) is 5.75 Å². The number of unbranched alkanes of at least 4 members (excludes halogenated alkanes) is 1. The number of thioether (sulfide) groups is 1. The van der Waals surface area contributed by atoms with Gasteiger partial charge in [0.05, 0.1) is 11.5 Å². The SMILES string of the molecule is CCCCOc1ccc(/C=C2\SC(=O)N(CC(=O)Nc3cc(C)cc(C)c3)C2=O)cc1. The first kappa shape index (κ1) is 22.6. The zero-order valence-corrected chi connectivity index (χ0v) is 18.8. The number of hydrogen-bond donors (Lipinski definition) is 1. The summed E-state index contributed by atoms with van der Waals surface area (Å²) in [6, 6.07) is 13.0. The third-order valence-corrected chi connectivity index (χ3v) is 5.53. The van der Waals surface area contributed by atoms with Crippen molar-refractivity contribution in [3.05, 3.63) is 64.1 Å². The van der Waals surface area contributed by atoms with Crippen molar-refractivity contribution < 1.29 is 19.1 Å². The predicted octanol–water partition coefficient (Wildman–Crippen LogP) is 5.16. The number of nitrogens with zero attached hydrogens (tertiary/aromatic N) is 1. The molecule has 2 aromatic carbocycles. The molecule has 0 radical (unpaired) electrons. The predicted molar refractivity (Wildman–Crippen MR) is 124 cm³/mol. The summed E-state index contributed by atoms with van der Waals surface area (Å²) in [5, 5.41) is 2.30. The number of imide groups is 1. The molecule has 31 heavy (non-hydrogen) atoms. The quantitative estimate of drug-likeness (QED) is 0.455. The maximum atomic E-state index is 12.7. The molecule has 1 saturated heterocycles. The molecule has 162 valence electrons. The van der Waals surface area contributed by atoms with E-state index in [0.29, 0.717) is 17.2 Å². The second kappa shape index (κ2) is 10.3. The fourth-order valence-corrected chi connectivity index (χ4v) is 4.01. The Morgan fingerprint density at radius 3 is 2.42 bits per heavy atom. The average Bonchev–Trinajstić information content (AvgIpc) is 2.96. The topological polar surface area (TPSA) is 75.7 Å². The van der Waals surface area contributed by atoms with Gasteiger partial charge in [-0.15, -0.1) is 0 Å². The lowest BCUT2D eigenvalue weighted by Gasteiger charge is -2.13. The first-order valence-corrected chi connectivity index (χ1v) is 11.0. The van der Waals surface area contributed by atoms with Gasteiger partial charge < -0.3 is 10.1 Å². The molecule has 0 unspecified atom stereocenters. The maximum Gasteiger partial charge on any atom is 0.294 e. The molecule has 1 N–H and O–H groups in total. The largest absolute Gasteiger partial charge is 0.494 e. The van der Waals surface area contributed by atoms with Gasteiger partial charge in [0.2, 0.25) is 5.91 Å². The van der Waals surface area contributed by atoms with Gasteiger partial charge >= 0.3 is 0 Å². The Kier molecular flexibility index (Phi) is 7.52. The van der Waals surface area contributed by atoms with Crippen molar-refractivity contribution >= 4 is 40.6 Å². The van der Waals surface area contributed by atoms with Gasteiger partial charge in [-0.25, -0.2) is 0 Å². The van der Waals surface area contributed by atoms with Gasteiger partial charge in [0, 0.05) is 5.69 Å². The highest BCUT2D eigenvalue weighted by Gasteiger charge is 2.36. The summed E-state index contributed by atoms with van der Waals surface area (Å²) in [5.41, 5.74) is 3.47. The molecule has 0 spiro atoms. The normalized spacial score (nSPS) is 14.9. The summed E-state index contributed by atoms with van der Waals surface area (Å²) in [4.78, 5) is 38.6. The molecule has 6 nitrogen and oxygen atoms in total. The summed E-state index contributed by atoms with van der Waals surface area (Å²) in [7, 11) is 0. The number of aryl methyl sites for hydroxylation is 2. The highest BCUT2D eigenvalue weighted by molar-refractivity contribution is 8.18. The van der Waals surface area contributed by atoms with Gasteiger partial charge in [-0.2, -0.15) is 0 Å². The van der Waals surface area contributed by atoms with Crippen molar-refractivity contribution in [3.8, 4) is 5.75 Å². The van der Waals surface area contributed by atoms with Crippen LogP contribution in [0.1, 0.15) is 36.5 Å². The van der Waals surface area contributed by atoms with Crippen LogP contribution in [0.2, 0.25) is 0 Å². The van der Waals surface area contributed by atoms with Crippen molar-refractivity contribution in [1.82, 2.24) is 4.90 Å².